The molecule has 0 bridgehead atoms. The maximum absolute atomic E-state index is 12.4. The molecule has 2 N–H and O–H groups in total. The number of phenolic OH excluding ortho intramolecular Hbond substituents is 1. The van der Waals surface area contributed by atoms with Crippen molar-refractivity contribution >= 4 is 11.8 Å². The fraction of sp³-hybridized carbons (Fsp3) is 0.333. The highest BCUT2D eigenvalue weighted by molar-refractivity contribution is 5.94. The summed E-state index contributed by atoms with van der Waals surface area (Å²) in [4.78, 5) is 26.5. The molecule has 3 rings (SSSR count). The van der Waals surface area contributed by atoms with Gasteiger partial charge in [-0.05, 0) is 43.0 Å². The Hall–Kier alpha value is -2.82. The summed E-state index contributed by atoms with van der Waals surface area (Å²) in [7, 11) is 0. The SMILES string of the molecule is O=C(NC1CCN(C(=O)CCc2ccccc2)CC1)c1cccc(O)c1. The Balaban J connectivity index is 1.43. The van der Waals surface area contributed by atoms with Gasteiger partial charge >= 0.3 is 0 Å². The molecule has 1 fully saturated rings. The average molecular weight is 352 g/mol. The van der Waals surface area contributed by atoms with E-state index < -0.39 is 0 Å². The van der Waals surface area contributed by atoms with Crippen molar-refractivity contribution in [2.75, 3.05) is 13.1 Å². The fourth-order valence-electron chi connectivity index (χ4n) is 3.24. The molecule has 0 unspecified atom stereocenters. The van der Waals surface area contributed by atoms with Crippen molar-refractivity contribution in [3.05, 3.63) is 65.7 Å². The van der Waals surface area contributed by atoms with Crippen molar-refractivity contribution in [3.8, 4) is 5.75 Å². The van der Waals surface area contributed by atoms with Gasteiger partial charge in [-0.2, -0.15) is 0 Å². The van der Waals surface area contributed by atoms with Gasteiger partial charge in [-0.15, -0.1) is 0 Å². The summed E-state index contributed by atoms with van der Waals surface area (Å²) in [5.41, 5.74) is 1.63. The van der Waals surface area contributed by atoms with Gasteiger partial charge in [0.1, 0.15) is 5.75 Å². The number of nitrogens with one attached hydrogen (secondary N) is 1. The molecule has 0 spiro atoms. The van der Waals surface area contributed by atoms with Gasteiger partial charge in [0, 0.05) is 31.1 Å². The van der Waals surface area contributed by atoms with Gasteiger partial charge in [0.2, 0.25) is 5.91 Å². The predicted octanol–water partition coefficient (Wildman–Crippen LogP) is 2.75. The minimum atomic E-state index is -0.185. The maximum atomic E-state index is 12.4. The van der Waals surface area contributed by atoms with Crippen LogP contribution in [0.4, 0.5) is 0 Å². The third kappa shape index (κ3) is 4.85. The normalized spacial score (nSPS) is 14.8. The minimum absolute atomic E-state index is 0.0584. The second-order valence-electron chi connectivity index (χ2n) is 6.66. The first-order chi connectivity index (χ1) is 12.6. The van der Waals surface area contributed by atoms with Crippen molar-refractivity contribution in [2.24, 2.45) is 0 Å². The van der Waals surface area contributed by atoms with Crippen LogP contribution in [0, 0.1) is 0 Å². The number of phenols is 1. The van der Waals surface area contributed by atoms with Gasteiger partial charge in [0.05, 0.1) is 0 Å². The van der Waals surface area contributed by atoms with E-state index in [4.69, 9.17) is 0 Å². The van der Waals surface area contributed by atoms with Gasteiger partial charge in [0.25, 0.3) is 5.91 Å². The van der Waals surface area contributed by atoms with Crippen LogP contribution in [0.15, 0.2) is 54.6 Å². The Labute approximate surface area is 153 Å². The highest BCUT2D eigenvalue weighted by Gasteiger charge is 2.24. The molecule has 0 saturated carbocycles. The van der Waals surface area contributed by atoms with Crippen LogP contribution < -0.4 is 5.32 Å². The number of carbonyl (C=O) groups excluding carboxylic acids is 2. The molecule has 0 aromatic heterocycles. The van der Waals surface area contributed by atoms with E-state index in [0.717, 1.165) is 19.3 Å². The van der Waals surface area contributed by atoms with E-state index in [9.17, 15) is 14.7 Å². The quantitative estimate of drug-likeness (QED) is 0.869. The van der Waals surface area contributed by atoms with E-state index >= 15 is 0 Å². The summed E-state index contributed by atoms with van der Waals surface area (Å²) >= 11 is 0. The molecule has 1 heterocycles. The minimum Gasteiger partial charge on any atom is -0.508 e. The van der Waals surface area contributed by atoms with Crippen LogP contribution in [0.3, 0.4) is 0 Å². The zero-order valence-corrected chi connectivity index (χ0v) is 14.7. The molecule has 1 saturated heterocycles. The van der Waals surface area contributed by atoms with E-state index in [2.05, 4.69) is 5.32 Å². The zero-order valence-electron chi connectivity index (χ0n) is 14.7. The molecule has 26 heavy (non-hydrogen) atoms. The molecule has 1 aliphatic heterocycles. The van der Waals surface area contributed by atoms with E-state index in [0.29, 0.717) is 25.1 Å². The number of aryl methyl sites for hydroxylation is 1. The molecule has 2 aromatic carbocycles. The highest BCUT2D eigenvalue weighted by Crippen LogP contribution is 2.15. The van der Waals surface area contributed by atoms with Gasteiger partial charge in [-0.3, -0.25) is 9.59 Å². The molecular formula is C21H24N2O3. The number of amides is 2. The topological polar surface area (TPSA) is 69.6 Å². The number of piperidine rings is 1. The first-order valence-corrected chi connectivity index (χ1v) is 9.03. The molecule has 0 radical (unpaired) electrons. The zero-order chi connectivity index (χ0) is 18.4. The number of benzene rings is 2. The maximum Gasteiger partial charge on any atom is 0.251 e. The van der Waals surface area contributed by atoms with Crippen LogP contribution in [0.25, 0.3) is 0 Å². The molecule has 0 atom stereocenters. The predicted molar refractivity (Wildman–Crippen MR) is 99.9 cm³/mol. The molecule has 5 heteroatoms. The first kappa shape index (κ1) is 18.0. The van der Waals surface area contributed by atoms with E-state index in [1.807, 2.05) is 35.2 Å². The van der Waals surface area contributed by atoms with Crippen LogP contribution in [0.5, 0.6) is 5.75 Å². The van der Waals surface area contributed by atoms with Crippen LogP contribution in [0.1, 0.15) is 35.2 Å². The van der Waals surface area contributed by atoms with E-state index in [1.165, 1.54) is 17.7 Å². The summed E-state index contributed by atoms with van der Waals surface area (Å²) in [5.74, 6) is 0.0675. The second kappa shape index (κ2) is 8.52. The highest BCUT2D eigenvalue weighted by atomic mass is 16.3. The van der Waals surface area contributed by atoms with Gasteiger partial charge < -0.3 is 15.3 Å². The van der Waals surface area contributed by atoms with E-state index in [-0.39, 0.29) is 23.6 Å². The molecule has 136 valence electrons. The number of aromatic hydroxyl groups is 1. The van der Waals surface area contributed by atoms with Gasteiger partial charge in [-0.1, -0.05) is 36.4 Å². The number of likely N-dealkylation sites (tertiary alicyclic amines) is 1. The largest absolute Gasteiger partial charge is 0.508 e. The third-order valence-electron chi connectivity index (χ3n) is 4.76. The number of nitrogens with zero attached hydrogens (tertiary/aromatic N) is 1. The standard InChI is InChI=1S/C21H24N2O3/c24-19-8-4-7-17(15-19)21(26)22-18-11-13-23(14-12-18)20(25)10-9-16-5-2-1-3-6-16/h1-8,15,18,24H,9-14H2,(H,22,26). The van der Waals surface area contributed by atoms with Crippen molar-refractivity contribution < 1.29 is 14.7 Å². The summed E-state index contributed by atoms with van der Waals surface area (Å²) < 4.78 is 0. The summed E-state index contributed by atoms with van der Waals surface area (Å²) in [6.45, 7) is 1.33. The summed E-state index contributed by atoms with van der Waals surface area (Å²) in [5, 5.41) is 12.5. The van der Waals surface area contributed by atoms with Gasteiger partial charge in [0.15, 0.2) is 0 Å². The second-order valence-corrected chi connectivity index (χ2v) is 6.66. The van der Waals surface area contributed by atoms with E-state index in [1.54, 1.807) is 12.1 Å². The number of hydrogen-bond donors (Lipinski definition) is 2. The van der Waals surface area contributed by atoms with Crippen molar-refractivity contribution in [1.82, 2.24) is 10.2 Å². The lowest BCUT2D eigenvalue weighted by Crippen LogP contribution is -2.46. The molecule has 5 nitrogen and oxygen atoms in total. The summed E-state index contributed by atoms with van der Waals surface area (Å²) in [6.07, 6.45) is 2.78. The smallest absolute Gasteiger partial charge is 0.251 e. The van der Waals surface area contributed by atoms with Crippen LogP contribution in [-0.2, 0) is 11.2 Å². The number of rotatable bonds is 5. The Morgan fingerprint density at radius 2 is 1.77 bits per heavy atom. The molecule has 2 aromatic rings. The first-order valence-electron chi connectivity index (χ1n) is 9.03. The van der Waals surface area contributed by atoms with Crippen LogP contribution >= 0.6 is 0 Å². The molecule has 0 aliphatic carbocycles. The van der Waals surface area contributed by atoms with Crippen LogP contribution in [0.2, 0.25) is 0 Å². The van der Waals surface area contributed by atoms with Crippen molar-refractivity contribution in [1.29, 1.82) is 0 Å². The molecular weight excluding hydrogens is 328 g/mol. The molecule has 1 aliphatic rings. The molecule has 2 amide bonds. The Morgan fingerprint density at radius 1 is 1.04 bits per heavy atom. The number of carbonyl (C=O) groups is 2. The Morgan fingerprint density at radius 3 is 2.46 bits per heavy atom. The van der Waals surface area contributed by atoms with Crippen molar-refractivity contribution in [2.45, 2.75) is 31.7 Å². The number of hydrogen-bond acceptors (Lipinski definition) is 3. The summed E-state index contributed by atoms with van der Waals surface area (Å²) in [6, 6.07) is 16.4. The van der Waals surface area contributed by atoms with Crippen molar-refractivity contribution in [3.63, 3.8) is 0 Å². The third-order valence-corrected chi connectivity index (χ3v) is 4.76. The van der Waals surface area contributed by atoms with Gasteiger partial charge in [-0.25, -0.2) is 0 Å². The lowest BCUT2D eigenvalue weighted by molar-refractivity contribution is -0.132. The average Bonchev–Trinajstić information content (AvgIpc) is 2.67. The Kier molecular flexibility index (Phi) is 5.89. The fourth-order valence-corrected chi connectivity index (χ4v) is 3.24. The monoisotopic (exact) mass is 352 g/mol. The Bertz CT molecular complexity index is 753. The van der Waals surface area contributed by atoms with Crippen LogP contribution in [-0.4, -0.2) is 41.0 Å². The lowest BCUT2D eigenvalue weighted by Gasteiger charge is -2.32. The lowest BCUT2D eigenvalue weighted by atomic mass is 10.0.